The van der Waals surface area contributed by atoms with Gasteiger partial charge in [-0.15, -0.1) is 0 Å². The Kier molecular flexibility index (Phi) is 4.55. The molecule has 2 rings (SSSR count). The van der Waals surface area contributed by atoms with Crippen molar-refractivity contribution in [3.05, 3.63) is 23.8 Å². The fourth-order valence-electron chi connectivity index (χ4n) is 2.34. The number of benzene rings is 1. The molecule has 20 heavy (non-hydrogen) atoms. The van der Waals surface area contributed by atoms with Gasteiger partial charge in [-0.3, -0.25) is 4.72 Å². The highest BCUT2D eigenvalue weighted by Gasteiger charge is 2.15. The van der Waals surface area contributed by atoms with E-state index in [9.17, 15) is 8.42 Å². The van der Waals surface area contributed by atoms with Gasteiger partial charge in [0.05, 0.1) is 25.2 Å². The van der Waals surface area contributed by atoms with Gasteiger partial charge in [-0.1, -0.05) is 13.8 Å². The summed E-state index contributed by atoms with van der Waals surface area (Å²) < 4.78 is 30.8. The topological polar surface area (TPSA) is 58.6 Å². The van der Waals surface area contributed by atoms with Crippen LogP contribution in [0.25, 0.3) is 0 Å². The third-order valence-electron chi connectivity index (χ3n) is 3.33. The van der Waals surface area contributed by atoms with Crippen LogP contribution in [-0.2, 0) is 14.8 Å². The van der Waals surface area contributed by atoms with Crippen molar-refractivity contribution < 1.29 is 13.2 Å². The second-order valence-electron chi connectivity index (χ2n) is 5.40. The molecule has 0 saturated carbocycles. The molecule has 1 fully saturated rings. The summed E-state index contributed by atoms with van der Waals surface area (Å²) in [6, 6.07) is 5.88. The molecule has 1 saturated heterocycles. The van der Waals surface area contributed by atoms with Gasteiger partial charge in [0, 0.05) is 18.8 Å². The summed E-state index contributed by atoms with van der Waals surface area (Å²) in [5.41, 5.74) is 2.80. The molecule has 0 bridgehead atoms. The zero-order valence-electron chi connectivity index (χ0n) is 12.2. The maximum Gasteiger partial charge on any atom is 0.229 e. The minimum absolute atomic E-state index is 0.250. The first-order valence-corrected chi connectivity index (χ1v) is 8.70. The van der Waals surface area contributed by atoms with Gasteiger partial charge < -0.3 is 9.64 Å². The predicted molar refractivity (Wildman–Crippen MR) is 82.0 cm³/mol. The molecular formula is C14H22N2O3S. The Morgan fingerprint density at radius 1 is 1.25 bits per heavy atom. The Hall–Kier alpha value is -1.27. The quantitative estimate of drug-likeness (QED) is 0.924. The molecule has 1 heterocycles. The molecule has 0 aromatic heterocycles. The molecule has 1 aliphatic rings. The van der Waals surface area contributed by atoms with Crippen LogP contribution in [0.1, 0.15) is 25.3 Å². The van der Waals surface area contributed by atoms with E-state index in [1.807, 2.05) is 12.1 Å². The van der Waals surface area contributed by atoms with E-state index in [4.69, 9.17) is 4.74 Å². The van der Waals surface area contributed by atoms with Gasteiger partial charge in [0.15, 0.2) is 0 Å². The van der Waals surface area contributed by atoms with Gasteiger partial charge in [0.1, 0.15) is 0 Å². The summed E-state index contributed by atoms with van der Waals surface area (Å²) >= 11 is 0. The third-order valence-corrected chi connectivity index (χ3v) is 3.92. The lowest BCUT2D eigenvalue weighted by Gasteiger charge is -2.30. The molecule has 0 amide bonds. The van der Waals surface area contributed by atoms with Crippen LogP contribution in [0.3, 0.4) is 0 Å². The molecule has 0 spiro atoms. The van der Waals surface area contributed by atoms with Crippen LogP contribution in [0.5, 0.6) is 0 Å². The van der Waals surface area contributed by atoms with E-state index in [1.165, 1.54) is 6.26 Å². The minimum Gasteiger partial charge on any atom is -0.378 e. The Morgan fingerprint density at radius 2 is 1.90 bits per heavy atom. The van der Waals surface area contributed by atoms with Gasteiger partial charge in [0.25, 0.3) is 0 Å². The zero-order valence-corrected chi connectivity index (χ0v) is 13.0. The van der Waals surface area contributed by atoms with E-state index >= 15 is 0 Å². The molecule has 6 heteroatoms. The number of hydrogen-bond acceptors (Lipinski definition) is 4. The summed E-state index contributed by atoms with van der Waals surface area (Å²) in [5, 5.41) is 0. The van der Waals surface area contributed by atoms with Crippen molar-refractivity contribution in [1.82, 2.24) is 0 Å². The normalized spacial score (nSPS) is 16.5. The molecule has 112 valence electrons. The van der Waals surface area contributed by atoms with E-state index in [0.29, 0.717) is 5.69 Å². The van der Waals surface area contributed by atoms with E-state index < -0.39 is 10.0 Å². The summed E-state index contributed by atoms with van der Waals surface area (Å²) in [6.07, 6.45) is 1.17. The maximum atomic E-state index is 11.4. The van der Waals surface area contributed by atoms with Crippen LogP contribution in [-0.4, -0.2) is 41.0 Å². The van der Waals surface area contributed by atoms with Crippen LogP contribution >= 0.6 is 0 Å². The summed E-state index contributed by atoms with van der Waals surface area (Å²) in [4.78, 5) is 2.26. The van der Waals surface area contributed by atoms with Crippen LogP contribution < -0.4 is 9.62 Å². The Balaban J connectivity index is 2.31. The number of hydrogen-bond donors (Lipinski definition) is 1. The van der Waals surface area contributed by atoms with Crippen molar-refractivity contribution in [2.45, 2.75) is 19.8 Å². The third kappa shape index (κ3) is 3.86. The first kappa shape index (κ1) is 15.1. The molecule has 0 aliphatic carbocycles. The zero-order chi connectivity index (χ0) is 14.8. The summed E-state index contributed by atoms with van der Waals surface area (Å²) in [5.74, 6) is 0.250. The number of rotatable bonds is 4. The first-order chi connectivity index (χ1) is 9.37. The van der Waals surface area contributed by atoms with Crippen molar-refractivity contribution >= 4 is 21.4 Å². The smallest absolute Gasteiger partial charge is 0.229 e. The van der Waals surface area contributed by atoms with E-state index in [1.54, 1.807) is 0 Å². The highest BCUT2D eigenvalue weighted by molar-refractivity contribution is 7.92. The van der Waals surface area contributed by atoms with Gasteiger partial charge in [-0.25, -0.2) is 8.42 Å². The van der Waals surface area contributed by atoms with Gasteiger partial charge >= 0.3 is 0 Å². The number of nitrogens with zero attached hydrogens (tertiary/aromatic N) is 1. The van der Waals surface area contributed by atoms with Crippen molar-refractivity contribution in [3.8, 4) is 0 Å². The number of ether oxygens (including phenoxy) is 1. The predicted octanol–water partition coefficient (Wildman–Crippen LogP) is 2.02. The van der Waals surface area contributed by atoms with Crippen molar-refractivity contribution in [2.75, 3.05) is 42.2 Å². The molecule has 5 nitrogen and oxygen atoms in total. The first-order valence-electron chi connectivity index (χ1n) is 6.81. The van der Waals surface area contributed by atoms with Crippen molar-refractivity contribution in [2.24, 2.45) is 0 Å². The van der Waals surface area contributed by atoms with Gasteiger partial charge in [-0.2, -0.15) is 0 Å². The lowest BCUT2D eigenvalue weighted by atomic mass is 10.0. The highest BCUT2D eigenvalue weighted by atomic mass is 32.2. The Morgan fingerprint density at radius 3 is 2.45 bits per heavy atom. The SMILES string of the molecule is CC(C)c1cc(N2CCOCC2)ccc1NS(C)(=O)=O. The molecule has 0 radical (unpaired) electrons. The summed E-state index contributed by atoms with van der Waals surface area (Å²) in [7, 11) is -3.25. The second-order valence-corrected chi connectivity index (χ2v) is 7.15. The Bertz CT molecular complexity index is 564. The second kappa shape index (κ2) is 6.01. The molecular weight excluding hydrogens is 276 g/mol. The minimum atomic E-state index is -3.25. The van der Waals surface area contributed by atoms with E-state index in [-0.39, 0.29) is 5.92 Å². The molecule has 1 N–H and O–H groups in total. The van der Waals surface area contributed by atoms with E-state index in [0.717, 1.165) is 37.6 Å². The highest BCUT2D eigenvalue weighted by Crippen LogP contribution is 2.30. The maximum absolute atomic E-state index is 11.4. The number of sulfonamides is 1. The number of morpholine rings is 1. The lowest BCUT2D eigenvalue weighted by molar-refractivity contribution is 0.122. The molecule has 1 aromatic rings. The monoisotopic (exact) mass is 298 g/mol. The molecule has 0 atom stereocenters. The van der Waals surface area contributed by atoms with Crippen LogP contribution in [0, 0.1) is 0 Å². The fraction of sp³-hybridized carbons (Fsp3) is 0.571. The number of nitrogens with one attached hydrogen (secondary N) is 1. The average molecular weight is 298 g/mol. The average Bonchev–Trinajstić information content (AvgIpc) is 2.38. The number of anilines is 2. The van der Waals surface area contributed by atoms with Gasteiger partial charge in [-0.05, 0) is 29.7 Å². The standard InChI is InChI=1S/C14H22N2O3S/c1-11(2)13-10-12(16-6-8-19-9-7-16)4-5-14(13)15-20(3,17)18/h4-5,10-11,15H,6-9H2,1-3H3. The van der Waals surface area contributed by atoms with Crippen LogP contribution in [0.15, 0.2) is 18.2 Å². The van der Waals surface area contributed by atoms with Crippen molar-refractivity contribution in [3.63, 3.8) is 0 Å². The lowest BCUT2D eigenvalue weighted by Crippen LogP contribution is -2.36. The summed E-state index contributed by atoms with van der Waals surface area (Å²) in [6.45, 7) is 7.34. The van der Waals surface area contributed by atoms with Gasteiger partial charge in [0.2, 0.25) is 10.0 Å². The van der Waals surface area contributed by atoms with Crippen molar-refractivity contribution in [1.29, 1.82) is 0 Å². The fourth-order valence-corrected chi connectivity index (χ4v) is 2.92. The largest absolute Gasteiger partial charge is 0.378 e. The Labute approximate surface area is 121 Å². The molecule has 1 aliphatic heterocycles. The molecule has 1 aromatic carbocycles. The van der Waals surface area contributed by atoms with Crippen LogP contribution in [0.2, 0.25) is 0 Å². The van der Waals surface area contributed by atoms with E-state index in [2.05, 4.69) is 29.5 Å². The molecule has 0 unspecified atom stereocenters. The van der Waals surface area contributed by atoms with Crippen LogP contribution in [0.4, 0.5) is 11.4 Å².